The summed E-state index contributed by atoms with van der Waals surface area (Å²) in [5.41, 5.74) is 0.442. The molecule has 1 aromatic rings. The monoisotopic (exact) mass is 258 g/mol. The number of rotatable bonds is 2. The molecule has 1 saturated heterocycles. The van der Waals surface area contributed by atoms with Crippen LogP contribution < -0.4 is 4.90 Å². The molecule has 0 aliphatic carbocycles. The highest BCUT2D eigenvalue weighted by Crippen LogP contribution is 2.28. The molecular formula is C14H19F3N+. The number of benzene rings is 1. The third-order valence-corrected chi connectivity index (χ3v) is 3.55. The highest BCUT2D eigenvalue weighted by atomic mass is 19.4. The summed E-state index contributed by atoms with van der Waals surface area (Å²) in [5.74, 6) is 0. The Kier molecular flexibility index (Phi) is 4.27. The summed E-state index contributed by atoms with van der Waals surface area (Å²) < 4.78 is 37.3. The van der Waals surface area contributed by atoms with Crippen molar-refractivity contribution in [2.45, 2.75) is 38.4 Å². The van der Waals surface area contributed by atoms with Gasteiger partial charge in [-0.1, -0.05) is 12.1 Å². The van der Waals surface area contributed by atoms with Crippen molar-refractivity contribution < 1.29 is 18.1 Å². The molecule has 0 bridgehead atoms. The average Bonchev–Trinajstić information content (AvgIpc) is 2.57. The summed E-state index contributed by atoms with van der Waals surface area (Å²) in [5, 5.41) is 0. The SMILES string of the molecule is FC(F)(F)c1ccc(C[NH+]2CCCCCC2)cc1. The Labute approximate surface area is 106 Å². The zero-order valence-corrected chi connectivity index (χ0v) is 10.4. The van der Waals surface area contributed by atoms with E-state index in [-0.39, 0.29) is 0 Å². The third-order valence-electron chi connectivity index (χ3n) is 3.55. The molecule has 0 unspecified atom stereocenters. The van der Waals surface area contributed by atoms with E-state index < -0.39 is 11.7 Å². The summed E-state index contributed by atoms with van der Waals surface area (Å²) >= 11 is 0. The smallest absolute Gasteiger partial charge is 0.331 e. The Morgan fingerprint density at radius 1 is 0.889 bits per heavy atom. The molecule has 0 radical (unpaired) electrons. The van der Waals surface area contributed by atoms with Gasteiger partial charge in [-0.05, 0) is 37.8 Å². The van der Waals surface area contributed by atoms with E-state index in [4.69, 9.17) is 0 Å². The van der Waals surface area contributed by atoms with Crippen LogP contribution in [0.15, 0.2) is 24.3 Å². The molecule has 1 aliphatic rings. The third kappa shape index (κ3) is 3.73. The lowest BCUT2D eigenvalue weighted by Gasteiger charge is -2.17. The van der Waals surface area contributed by atoms with E-state index in [2.05, 4.69) is 0 Å². The highest BCUT2D eigenvalue weighted by molar-refractivity contribution is 5.23. The first-order chi connectivity index (χ1) is 8.55. The highest BCUT2D eigenvalue weighted by Gasteiger charge is 2.30. The predicted molar refractivity (Wildman–Crippen MR) is 64.3 cm³/mol. The van der Waals surface area contributed by atoms with Crippen LogP contribution in [-0.2, 0) is 12.7 Å². The molecule has 0 aromatic heterocycles. The Balaban J connectivity index is 1.97. The maximum atomic E-state index is 12.4. The maximum Gasteiger partial charge on any atom is 0.416 e. The van der Waals surface area contributed by atoms with Crippen LogP contribution in [0.2, 0.25) is 0 Å². The van der Waals surface area contributed by atoms with Gasteiger partial charge in [0.15, 0.2) is 0 Å². The Bertz CT molecular complexity index is 362. The fourth-order valence-electron chi connectivity index (χ4n) is 2.51. The van der Waals surface area contributed by atoms with Gasteiger partial charge in [0, 0.05) is 5.56 Å². The quantitative estimate of drug-likeness (QED) is 0.832. The van der Waals surface area contributed by atoms with Crippen LogP contribution in [0.3, 0.4) is 0 Å². The molecule has 1 aliphatic heterocycles. The Morgan fingerprint density at radius 3 is 1.94 bits per heavy atom. The van der Waals surface area contributed by atoms with Crippen molar-refractivity contribution in [3.8, 4) is 0 Å². The lowest BCUT2D eigenvalue weighted by molar-refractivity contribution is -0.913. The molecule has 0 atom stereocenters. The fraction of sp³-hybridized carbons (Fsp3) is 0.571. The van der Waals surface area contributed by atoms with E-state index in [1.165, 1.54) is 42.7 Å². The van der Waals surface area contributed by atoms with Crippen molar-refractivity contribution in [1.82, 2.24) is 0 Å². The molecule has 1 nitrogen and oxygen atoms in total. The number of hydrogen-bond donors (Lipinski definition) is 1. The van der Waals surface area contributed by atoms with Gasteiger partial charge in [0.05, 0.1) is 18.7 Å². The van der Waals surface area contributed by atoms with Crippen LogP contribution >= 0.6 is 0 Å². The van der Waals surface area contributed by atoms with E-state index in [1.54, 1.807) is 12.1 Å². The molecule has 2 rings (SSSR count). The second kappa shape index (κ2) is 5.74. The van der Waals surface area contributed by atoms with Crippen LogP contribution in [0.1, 0.15) is 36.8 Å². The minimum Gasteiger partial charge on any atom is -0.331 e. The van der Waals surface area contributed by atoms with E-state index in [0.717, 1.165) is 25.2 Å². The second-order valence-corrected chi connectivity index (χ2v) is 5.04. The van der Waals surface area contributed by atoms with Crippen LogP contribution in [0.25, 0.3) is 0 Å². The maximum absolute atomic E-state index is 12.4. The second-order valence-electron chi connectivity index (χ2n) is 5.04. The van der Waals surface area contributed by atoms with Gasteiger partial charge in [-0.2, -0.15) is 13.2 Å². The predicted octanol–water partition coefficient (Wildman–Crippen LogP) is 2.66. The van der Waals surface area contributed by atoms with Crippen LogP contribution in [0, 0.1) is 0 Å². The lowest BCUT2D eigenvalue weighted by atomic mass is 10.1. The number of quaternary nitrogens is 1. The molecule has 1 fully saturated rings. The minimum absolute atomic E-state index is 0.558. The van der Waals surface area contributed by atoms with E-state index in [1.807, 2.05) is 0 Å². The zero-order chi connectivity index (χ0) is 13.0. The summed E-state index contributed by atoms with van der Waals surface area (Å²) in [6.45, 7) is 3.13. The van der Waals surface area contributed by atoms with Gasteiger partial charge in [-0.3, -0.25) is 0 Å². The summed E-state index contributed by atoms with van der Waals surface area (Å²) in [6.07, 6.45) is 0.812. The molecular weight excluding hydrogens is 239 g/mol. The molecule has 0 saturated carbocycles. The van der Waals surface area contributed by atoms with Gasteiger partial charge in [-0.15, -0.1) is 0 Å². The first-order valence-corrected chi connectivity index (χ1v) is 6.55. The topological polar surface area (TPSA) is 4.44 Å². The van der Waals surface area contributed by atoms with E-state index >= 15 is 0 Å². The summed E-state index contributed by atoms with van der Waals surface area (Å²) in [7, 11) is 0. The van der Waals surface area contributed by atoms with Crippen molar-refractivity contribution in [2.75, 3.05) is 13.1 Å². The van der Waals surface area contributed by atoms with Crippen molar-refractivity contribution in [2.24, 2.45) is 0 Å². The largest absolute Gasteiger partial charge is 0.416 e. The molecule has 4 heteroatoms. The fourth-order valence-corrected chi connectivity index (χ4v) is 2.51. The van der Waals surface area contributed by atoms with Crippen molar-refractivity contribution in [3.05, 3.63) is 35.4 Å². The van der Waals surface area contributed by atoms with E-state index in [9.17, 15) is 13.2 Å². The first kappa shape index (κ1) is 13.4. The molecule has 1 N–H and O–H groups in total. The number of alkyl halides is 3. The van der Waals surface area contributed by atoms with Gasteiger partial charge in [0.25, 0.3) is 0 Å². The Hall–Kier alpha value is -1.03. The number of halogens is 3. The molecule has 0 spiro atoms. The summed E-state index contributed by atoms with van der Waals surface area (Å²) in [6, 6.07) is 5.60. The van der Waals surface area contributed by atoms with Crippen LogP contribution in [0.5, 0.6) is 0 Å². The first-order valence-electron chi connectivity index (χ1n) is 6.55. The van der Waals surface area contributed by atoms with Gasteiger partial charge < -0.3 is 4.90 Å². The number of nitrogens with one attached hydrogen (secondary N) is 1. The van der Waals surface area contributed by atoms with Crippen LogP contribution in [-0.4, -0.2) is 13.1 Å². The van der Waals surface area contributed by atoms with Gasteiger partial charge in [0.1, 0.15) is 6.54 Å². The molecule has 100 valence electrons. The van der Waals surface area contributed by atoms with Crippen molar-refractivity contribution in [3.63, 3.8) is 0 Å². The molecule has 1 aromatic carbocycles. The molecule has 18 heavy (non-hydrogen) atoms. The lowest BCUT2D eigenvalue weighted by Crippen LogP contribution is -3.10. The van der Waals surface area contributed by atoms with Gasteiger partial charge >= 0.3 is 6.18 Å². The number of likely N-dealkylation sites (tertiary alicyclic amines) is 1. The molecule has 0 amide bonds. The zero-order valence-electron chi connectivity index (χ0n) is 10.4. The van der Waals surface area contributed by atoms with Crippen LogP contribution in [0.4, 0.5) is 13.2 Å². The minimum atomic E-state index is -4.23. The Morgan fingerprint density at radius 2 is 1.44 bits per heavy atom. The van der Waals surface area contributed by atoms with E-state index in [0.29, 0.717) is 0 Å². The average molecular weight is 258 g/mol. The molecule has 1 heterocycles. The van der Waals surface area contributed by atoms with Gasteiger partial charge in [0.2, 0.25) is 0 Å². The standard InChI is InChI=1S/C14H18F3N/c15-14(16,17)13-7-5-12(6-8-13)11-18-9-3-1-2-4-10-18/h5-8H,1-4,9-11H2/p+1. The van der Waals surface area contributed by atoms with Crippen molar-refractivity contribution >= 4 is 0 Å². The van der Waals surface area contributed by atoms with Crippen molar-refractivity contribution in [1.29, 1.82) is 0 Å². The summed E-state index contributed by atoms with van der Waals surface area (Å²) in [4.78, 5) is 1.49. The normalized spacial score (nSPS) is 18.6. The number of hydrogen-bond acceptors (Lipinski definition) is 0. The van der Waals surface area contributed by atoms with Gasteiger partial charge in [-0.25, -0.2) is 0 Å².